The first-order chi connectivity index (χ1) is 8.84. The number of aliphatic hydroxyl groups excluding tert-OH is 1. The van der Waals surface area contributed by atoms with Gasteiger partial charge in [0.2, 0.25) is 10.0 Å². The SMILES string of the molecule is Cc1cc(S(=O)(=O)N(C)[C@H]2CNC[C@@H]2O)ccc1Br. The molecular formula is C12H17BrN2O3S. The van der Waals surface area contributed by atoms with E-state index in [2.05, 4.69) is 21.2 Å². The van der Waals surface area contributed by atoms with Crippen molar-refractivity contribution in [3.63, 3.8) is 0 Å². The van der Waals surface area contributed by atoms with E-state index in [4.69, 9.17) is 0 Å². The molecule has 19 heavy (non-hydrogen) atoms. The van der Waals surface area contributed by atoms with Crippen molar-refractivity contribution in [3.05, 3.63) is 28.2 Å². The number of hydrogen-bond donors (Lipinski definition) is 2. The van der Waals surface area contributed by atoms with Gasteiger partial charge in [-0.25, -0.2) is 8.42 Å². The van der Waals surface area contributed by atoms with Crippen LogP contribution >= 0.6 is 15.9 Å². The summed E-state index contributed by atoms with van der Waals surface area (Å²) >= 11 is 3.35. The van der Waals surface area contributed by atoms with Crippen molar-refractivity contribution < 1.29 is 13.5 Å². The Bertz CT molecular complexity index is 576. The molecule has 0 saturated carbocycles. The summed E-state index contributed by atoms with van der Waals surface area (Å²) in [5.41, 5.74) is 0.861. The van der Waals surface area contributed by atoms with Crippen molar-refractivity contribution >= 4 is 26.0 Å². The zero-order valence-corrected chi connectivity index (χ0v) is 13.2. The normalized spacial score (nSPS) is 24.1. The summed E-state index contributed by atoms with van der Waals surface area (Å²) in [6, 6.07) is 4.50. The molecule has 1 fully saturated rings. The Balaban J connectivity index is 2.33. The smallest absolute Gasteiger partial charge is 0.243 e. The van der Waals surface area contributed by atoms with Gasteiger partial charge in [-0.05, 0) is 30.7 Å². The van der Waals surface area contributed by atoms with Crippen LogP contribution in [0.1, 0.15) is 5.56 Å². The quantitative estimate of drug-likeness (QED) is 0.843. The molecule has 1 aromatic carbocycles. The molecular weight excluding hydrogens is 332 g/mol. The third kappa shape index (κ3) is 2.85. The Morgan fingerprint density at radius 1 is 1.42 bits per heavy atom. The Morgan fingerprint density at radius 2 is 2.11 bits per heavy atom. The molecule has 0 aromatic heterocycles. The molecule has 0 aliphatic carbocycles. The van der Waals surface area contributed by atoms with E-state index in [0.717, 1.165) is 10.0 Å². The van der Waals surface area contributed by atoms with Crippen LogP contribution < -0.4 is 5.32 Å². The highest BCUT2D eigenvalue weighted by Gasteiger charge is 2.35. The number of hydrogen-bond acceptors (Lipinski definition) is 4. The second-order valence-corrected chi connectivity index (χ2v) is 7.58. The van der Waals surface area contributed by atoms with Crippen LogP contribution in [0.5, 0.6) is 0 Å². The molecule has 1 heterocycles. The van der Waals surface area contributed by atoms with E-state index in [1.165, 1.54) is 11.4 Å². The van der Waals surface area contributed by atoms with Gasteiger partial charge < -0.3 is 10.4 Å². The maximum absolute atomic E-state index is 12.5. The molecule has 1 aliphatic heterocycles. The van der Waals surface area contributed by atoms with Crippen molar-refractivity contribution in [2.45, 2.75) is 24.0 Å². The topological polar surface area (TPSA) is 69.6 Å². The fraction of sp³-hybridized carbons (Fsp3) is 0.500. The van der Waals surface area contributed by atoms with Gasteiger partial charge >= 0.3 is 0 Å². The molecule has 0 bridgehead atoms. The number of β-amino-alcohol motifs (C(OH)–C–C–N with tert-alkyl or cyclic N) is 1. The van der Waals surface area contributed by atoms with E-state index in [-0.39, 0.29) is 4.90 Å². The first-order valence-electron chi connectivity index (χ1n) is 5.97. The molecule has 0 unspecified atom stereocenters. The number of halogens is 1. The van der Waals surface area contributed by atoms with Gasteiger partial charge in [0.05, 0.1) is 17.0 Å². The fourth-order valence-electron chi connectivity index (χ4n) is 2.14. The molecule has 0 spiro atoms. The predicted molar refractivity (Wildman–Crippen MR) is 76.5 cm³/mol. The first-order valence-corrected chi connectivity index (χ1v) is 8.20. The minimum absolute atomic E-state index is 0.245. The summed E-state index contributed by atoms with van der Waals surface area (Å²) in [4.78, 5) is 0.245. The molecule has 106 valence electrons. The number of benzene rings is 1. The van der Waals surface area contributed by atoms with Crippen LogP contribution in [0.2, 0.25) is 0 Å². The Hall–Kier alpha value is -0.470. The van der Waals surface area contributed by atoms with E-state index in [0.29, 0.717) is 13.1 Å². The van der Waals surface area contributed by atoms with Gasteiger partial charge in [0.25, 0.3) is 0 Å². The van der Waals surface area contributed by atoms with Crippen molar-refractivity contribution in [3.8, 4) is 0 Å². The lowest BCUT2D eigenvalue weighted by atomic mass is 10.2. The summed E-state index contributed by atoms with van der Waals surface area (Å²) in [7, 11) is -2.07. The molecule has 7 heteroatoms. The van der Waals surface area contributed by atoms with E-state index >= 15 is 0 Å². The molecule has 2 atom stereocenters. The second kappa shape index (κ2) is 5.49. The minimum atomic E-state index is -3.58. The number of likely N-dealkylation sites (N-methyl/N-ethyl adjacent to an activating group) is 1. The highest BCUT2D eigenvalue weighted by atomic mass is 79.9. The van der Waals surface area contributed by atoms with Crippen LogP contribution in [-0.4, -0.2) is 50.1 Å². The lowest BCUT2D eigenvalue weighted by Crippen LogP contribution is -2.44. The first kappa shape index (κ1) is 14.9. The minimum Gasteiger partial charge on any atom is -0.390 e. The Morgan fingerprint density at radius 3 is 2.63 bits per heavy atom. The van der Waals surface area contributed by atoms with Crippen LogP contribution in [0.25, 0.3) is 0 Å². The summed E-state index contributed by atoms with van der Waals surface area (Å²) in [5.74, 6) is 0. The zero-order valence-electron chi connectivity index (χ0n) is 10.8. The molecule has 0 radical (unpaired) electrons. The average Bonchev–Trinajstić information content (AvgIpc) is 2.77. The van der Waals surface area contributed by atoms with Crippen LogP contribution in [0.4, 0.5) is 0 Å². The van der Waals surface area contributed by atoms with Crippen LogP contribution in [0.3, 0.4) is 0 Å². The van der Waals surface area contributed by atoms with E-state index in [1.807, 2.05) is 6.92 Å². The maximum atomic E-state index is 12.5. The summed E-state index contributed by atoms with van der Waals surface area (Å²) in [5, 5.41) is 12.8. The van der Waals surface area contributed by atoms with Gasteiger partial charge in [-0.2, -0.15) is 4.31 Å². The van der Waals surface area contributed by atoms with Crippen molar-refractivity contribution in [2.24, 2.45) is 0 Å². The standard InChI is InChI=1S/C12H17BrN2O3S/c1-8-5-9(3-4-10(8)13)19(17,18)15(2)11-6-14-7-12(11)16/h3-5,11-12,14,16H,6-7H2,1-2H3/t11-,12-/m0/s1. The summed E-state index contributed by atoms with van der Waals surface area (Å²) in [6.45, 7) is 2.73. The number of aliphatic hydroxyl groups is 1. The molecule has 2 N–H and O–H groups in total. The van der Waals surface area contributed by atoms with Gasteiger partial charge in [0.1, 0.15) is 0 Å². The number of nitrogens with one attached hydrogen (secondary N) is 1. The van der Waals surface area contributed by atoms with Crippen molar-refractivity contribution in [2.75, 3.05) is 20.1 Å². The molecule has 5 nitrogen and oxygen atoms in total. The van der Waals surface area contributed by atoms with Crippen LogP contribution in [-0.2, 0) is 10.0 Å². The molecule has 0 amide bonds. The Kier molecular flexibility index (Phi) is 4.32. The third-order valence-electron chi connectivity index (χ3n) is 3.42. The number of rotatable bonds is 3. The van der Waals surface area contributed by atoms with Crippen molar-refractivity contribution in [1.29, 1.82) is 0 Å². The van der Waals surface area contributed by atoms with Gasteiger partial charge in [-0.1, -0.05) is 15.9 Å². The molecule has 1 aliphatic rings. The van der Waals surface area contributed by atoms with E-state index in [1.54, 1.807) is 18.2 Å². The monoisotopic (exact) mass is 348 g/mol. The zero-order chi connectivity index (χ0) is 14.2. The lowest BCUT2D eigenvalue weighted by molar-refractivity contribution is 0.136. The molecule has 1 aromatic rings. The highest BCUT2D eigenvalue weighted by molar-refractivity contribution is 9.10. The molecule has 1 saturated heterocycles. The largest absolute Gasteiger partial charge is 0.390 e. The predicted octanol–water partition coefficient (Wildman–Crippen LogP) is 0.711. The number of sulfonamides is 1. The van der Waals surface area contributed by atoms with Gasteiger partial charge in [0, 0.05) is 24.6 Å². The van der Waals surface area contributed by atoms with Crippen LogP contribution in [0, 0.1) is 6.92 Å². The summed E-state index contributed by atoms with van der Waals surface area (Å²) < 4.78 is 27.1. The highest BCUT2D eigenvalue weighted by Crippen LogP contribution is 2.24. The van der Waals surface area contributed by atoms with Crippen molar-refractivity contribution in [1.82, 2.24) is 9.62 Å². The van der Waals surface area contributed by atoms with Gasteiger partial charge in [-0.3, -0.25) is 0 Å². The average molecular weight is 349 g/mol. The molecule has 2 rings (SSSR count). The van der Waals surface area contributed by atoms with E-state index in [9.17, 15) is 13.5 Å². The summed E-state index contributed by atoms with van der Waals surface area (Å²) in [6.07, 6.45) is -0.670. The van der Waals surface area contributed by atoms with Crippen LogP contribution in [0.15, 0.2) is 27.6 Å². The fourth-order valence-corrected chi connectivity index (χ4v) is 3.86. The number of nitrogens with zero attached hydrogens (tertiary/aromatic N) is 1. The maximum Gasteiger partial charge on any atom is 0.243 e. The lowest BCUT2D eigenvalue weighted by Gasteiger charge is -2.25. The number of aryl methyl sites for hydroxylation is 1. The second-order valence-electron chi connectivity index (χ2n) is 4.73. The Labute approximate surface area is 121 Å². The van der Waals surface area contributed by atoms with Gasteiger partial charge in [0.15, 0.2) is 0 Å². The van der Waals surface area contributed by atoms with Gasteiger partial charge in [-0.15, -0.1) is 0 Å². The van der Waals surface area contributed by atoms with E-state index < -0.39 is 22.2 Å². The third-order valence-corrected chi connectivity index (χ3v) is 6.19.